The Labute approximate surface area is 121 Å². The molecule has 0 saturated heterocycles. The summed E-state index contributed by atoms with van der Waals surface area (Å²) in [5.41, 5.74) is 2.30. The van der Waals surface area contributed by atoms with Gasteiger partial charge in [-0.15, -0.1) is 11.3 Å². The second-order valence-electron chi connectivity index (χ2n) is 4.37. The van der Waals surface area contributed by atoms with E-state index in [-0.39, 0.29) is 11.8 Å². The number of rotatable bonds is 4. The van der Waals surface area contributed by atoms with Crippen molar-refractivity contribution in [2.45, 2.75) is 20.3 Å². The van der Waals surface area contributed by atoms with Gasteiger partial charge in [-0.2, -0.15) is 0 Å². The minimum absolute atomic E-state index is 0.0532. The normalized spacial score (nSPS) is 10.1. The van der Waals surface area contributed by atoms with Crippen molar-refractivity contribution in [1.29, 1.82) is 0 Å². The Kier molecular flexibility index (Phi) is 4.53. The maximum Gasteiger partial charge on any atom is 0.265 e. The van der Waals surface area contributed by atoms with Crippen LogP contribution in [0, 0.1) is 6.92 Å². The third-order valence-electron chi connectivity index (χ3n) is 2.79. The van der Waals surface area contributed by atoms with Crippen LogP contribution in [0.1, 0.15) is 28.6 Å². The summed E-state index contributed by atoms with van der Waals surface area (Å²) in [6.07, 6.45) is 0.422. The molecular weight excluding hydrogens is 272 g/mol. The first-order valence-electron chi connectivity index (χ1n) is 6.35. The number of benzene rings is 1. The zero-order valence-corrected chi connectivity index (χ0v) is 12.2. The molecule has 4 nitrogen and oxygen atoms in total. The van der Waals surface area contributed by atoms with E-state index in [4.69, 9.17) is 0 Å². The van der Waals surface area contributed by atoms with Crippen LogP contribution in [0.3, 0.4) is 0 Å². The number of thiophene rings is 1. The highest BCUT2D eigenvalue weighted by atomic mass is 32.1. The maximum atomic E-state index is 12.1. The monoisotopic (exact) mass is 288 g/mol. The van der Waals surface area contributed by atoms with Crippen molar-refractivity contribution in [3.63, 3.8) is 0 Å². The molecule has 2 aromatic rings. The Morgan fingerprint density at radius 2 is 1.85 bits per heavy atom. The average molecular weight is 288 g/mol. The molecule has 0 unspecified atom stereocenters. The van der Waals surface area contributed by atoms with E-state index < -0.39 is 0 Å². The minimum atomic E-state index is -0.128. The molecule has 0 radical (unpaired) electrons. The molecule has 104 valence electrons. The number of nitrogens with one attached hydrogen (secondary N) is 2. The van der Waals surface area contributed by atoms with Crippen LogP contribution in [-0.2, 0) is 4.79 Å². The largest absolute Gasteiger partial charge is 0.326 e. The molecule has 0 bridgehead atoms. The third-order valence-corrected chi connectivity index (χ3v) is 3.81. The Bertz CT molecular complexity index is 634. The lowest BCUT2D eigenvalue weighted by Gasteiger charge is -2.08. The van der Waals surface area contributed by atoms with Gasteiger partial charge >= 0.3 is 0 Å². The van der Waals surface area contributed by atoms with E-state index in [0.29, 0.717) is 22.7 Å². The zero-order chi connectivity index (χ0) is 14.5. The molecule has 1 heterocycles. The fourth-order valence-electron chi connectivity index (χ4n) is 1.72. The standard InChI is InChI=1S/C15H16N2O2S/c1-3-13(18)16-11-5-4-6-12(9-11)17-15(19)14-10(2)7-8-20-14/h4-9H,3H2,1-2H3,(H,16,18)(H,17,19). The summed E-state index contributed by atoms with van der Waals surface area (Å²) in [5.74, 6) is -0.181. The van der Waals surface area contributed by atoms with Gasteiger partial charge in [0.25, 0.3) is 5.91 Å². The van der Waals surface area contributed by atoms with Gasteiger partial charge in [0.15, 0.2) is 0 Å². The molecular formula is C15H16N2O2S. The first kappa shape index (κ1) is 14.3. The van der Waals surface area contributed by atoms with Gasteiger partial charge in [-0.1, -0.05) is 13.0 Å². The predicted molar refractivity (Wildman–Crippen MR) is 82.4 cm³/mol. The molecule has 2 rings (SSSR count). The molecule has 0 spiro atoms. The van der Waals surface area contributed by atoms with Crippen LogP contribution in [-0.4, -0.2) is 11.8 Å². The summed E-state index contributed by atoms with van der Waals surface area (Å²) in [6, 6.07) is 9.04. The van der Waals surface area contributed by atoms with Crippen molar-refractivity contribution in [1.82, 2.24) is 0 Å². The summed E-state index contributed by atoms with van der Waals surface area (Å²) in [6.45, 7) is 3.70. The molecule has 2 amide bonds. The number of anilines is 2. The van der Waals surface area contributed by atoms with Crippen LogP contribution >= 0.6 is 11.3 Å². The highest BCUT2D eigenvalue weighted by Gasteiger charge is 2.10. The fourth-order valence-corrected chi connectivity index (χ4v) is 2.54. The molecule has 0 fully saturated rings. The van der Waals surface area contributed by atoms with E-state index in [1.165, 1.54) is 11.3 Å². The van der Waals surface area contributed by atoms with Crippen molar-refractivity contribution in [3.8, 4) is 0 Å². The summed E-state index contributed by atoms with van der Waals surface area (Å²) in [4.78, 5) is 24.1. The maximum absolute atomic E-state index is 12.1. The van der Waals surface area contributed by atoms with Gasteiger partial charge < -0.3 is 10.6 Å². The molecule has 2 N–H and O–H groups in total. The Morgan fingerprint density at radius 3 is 2.45 bits per heavy atom. The smallest absolute Gasteiger partial charge is 0.265 e. The van der Waals surface area contributed by atoms with E-state index in [1.54, 1.807) is 31.2 Å². The second kappa shape index (κ2) is 6.34. The van der Waals surface area contributed by atoms with Crippen LogP contribution < -0.4 is 10.6 Å². The lowest BCUT2D eigenvalue weighted by molar-refractivity contribution is -0.115. The van der Waals surface area contributed by atoms with Gasteiger partial charge in [0.05, 0.1) is 4.88 Å². The SMILES string of the molecule is CCC(=O)Nc1cccc(NC(=O)c2sccc2C)c1. The first-order chi connectivity index (χ1) is 9.60. The van der Waals surface area contributed by atoms with Crippen LogP contribution in [0.15, 0.2) is 35.7 Å². The zero-order valence-electron chi connectivity index (χ0n) is 11.4. The fraction of sp³-hybridized carbons (Fsp3) is 0.200. The van der Waals surface area contributed by atoms with Gasteiger partial charge in [-0.05, 0) is 42.1 Å². The topological polar surface area (TPSA) is 58.2 Å². The van der Waals surface area contributed by atoms with E-state index in [9.17, 15) is 9.59 Å². The highest BCUT2D eigenvalue weighted by molar-refractivity contribution is 7.12. The van der Waals surface area contributed by atoms with E-state index >= 15 is 0 Å². The van der Waals surface area contributed by atoms with Crippen molar-refractivity contribution >= 4 is 34.5 Å². The molecule has 5 heteroatoms. The molecule has 20 heavy (non-hydrogen) atoms. The van der Waals surface area contributed by atoms with Gasteiger partial charge in [-0.3, -0.25) is 9.59 Å². The first-order valence-corrected chi connectivity index (χ1v) is 7.23. The number of aryl methyl sites for hydroxylation is 1. The van der Waals surface area contributed by atoms with Gasteiger partial charge in [-0.25, -0.2) is 0 Å². The molecule has 0 atom stereocenters. The van der Waals surface area contributed by atoms with Crippen LogP contribution in [0.2, 0.25) is 0 Å². The summed E-state index contributed by atoms with van der Waals surface area (Å²) in [7, 11) is 0. The molecule has 0 aliphatic carbocycles. The molecule has 0 aliphatic rings. The third kappa shape index (κ3) is 3.45. The Hall–Kier alpha value is -2.14. The summed E-state index contributed by atoms with van der Waals surface area (Å²) < 4.78 is 0. The molecule has 0 saturated carbocycles. The number of carbonyl (C=O) groups excluding carboxylic acids is 2. The number of hydrogen-bond donors (Lipinski definition) is 2. The second-order valence-corrected chi connectivity index (χ2v) is 5.29. The van der Waals surface area contributed by atoms with Crippen molar-refractivity contribution in [2.75, 3.05) is 10.6 Å². The van der Waals surface area contributed by atoms with E-state index in [0.717, 1.165) is 5.56 Å². The Morgan fingerprint density at radius 1 is 1.15 bits per heavy atom. The lowest BCUT2D eigenvalue weighted by atomic mass is 10.2. The predicted octanol–water partition coefficient (Wildman–Crippen LogP) is 3.66. The molecule has 1 aromatic carbocycles. The van der Waals surface area contributed by atoms with Crippen LogP contribution in [0.5, 0.6) is 0 Å². The number of hydrogen-bond acceptors (Lipinski definition) is 3. The van der Waals surface area contributed by atoms with Crippen molar-refractivity contribution in [3.05, 3.63) is 46.2 Å². The molecule has 1 aromatic heterocycles. The van der Waals surface area contributed by atoms with Crippen molar-refractivity contribution < 1.29 is 9.59 Å². The number of amides is 2. The molecule has 0 aliphatic heterocycles. The van der Waals surface area contributed by atoms with E-state index in [2.05, 4.69) is 10.6 Å². The average Bonchev–Trinajstić information content (AvgIpc) is 2.85. The summed E-state index contributed by atoms with van der Waals surface area (Å²) >= 11 is 1.41. The highest BCUT2D eigenvalue weighted by Crippen LogP contribution is 2.20. The van der Waals surface area contributed by atoms with Gasteiger partial charge in [0.1, 0.15) is 0 Å². The van der Waals surface area contributed by atoms with Gasteiger partial charge in [0, 0.05) is 17.8 Å². The Balaban J connectivity index is 2.10. The van der Waals surface area contributed by atoms with Crippen LogP contribution in [0.4, 0.5) is 11.4 Å². The van der Waals surface area contributed by atoms with Crippen LogP contribution in [0.25, 0.3) is 0 Å². The summed E-state index contributed by atoms with van der Waals surface area (Å²) in [5, 5.41) is 7.49. The van der Waals surface area contributed by atoms with E-state index in [1.807, 2.05) is 18.4 Å². The van der Waals surface area contributed by atoms with Crippen molar-refractivity contribution in [2.24, 2.45) is 0 Å². The quantitative estimate of drug-likeness (QED) is 0.902. The minimum Gasteiger partial charge on any atom is -0.326 e. The number of carbonyl (C=O) groups is 2. The lowest BCUT2D eigenvalue weighted by Crippen LogP contribution is -2.12. The van der Waals surface area contributed by atoms with Gasteiger partial charge in [0.2, 0.25) is 5.91 Å².